The molecule has 0 amide bonds. The molecule has 21 heavy (non-hydrogen) atoms. The lowest BCUT2D eigenvalue weighted by atomic mass is 10.0. The first-order chi connectivity index (χ1) is 9.90. The highest BCUT2D eigenvalue weighted by atomic mass is 35.5. The van der Waals surface area contributed by atoms with Crippen molar-refractivity contribution in [3.8, 4) is 0 Å². The van der Waals surface area contributed by atoms with Gasteiger partial charge in [0.25, 0.3) is 0 Å². The first kappa shape index (κ1) is 16.2. The van der Waals surface area contributed by atoms with Gasteiger partial charge in [0.15, 0.2) is 0 Å². The van der Waals surface area contributed by atoms with Gasteiger partial charge in [-0.25, -0.2) is 8.78 Å². The average Bonchev–Trinajstić information content (AvgIpc) is 2.44. The molecule has 0 aliphatic heterocycles. The fourth-order valence-electron chi connectivity index (χ4n) is 2.25. The van der Waals surface area contributed by atoms with Gasteiger partial charge in [-0.1, -0.05) is 35.3 Å². The first-order valence-electron chi connectivity index (χ1n) is 6.55. The molecule has 5 heteroatoms. The average molecular weight is 330 g/mol. The third-order valence-electron chi connectivity index (χ3n) is 3.38. The molecule has 0 fully saturated rings. The third-order valence-corrected chi connectivity index (χ3v) is 4.10. The van der Waals surface area contributed by atoms with Crippen LogP contribution in [0.3, 0.4) is 0 Å². The maximum Gasteiger partial charge on any atom is 0.142 e. The fourth-order valence-corrected chi connectivity index (χ4v) is 2.94. The van der Waals surface area contributed by atoms with E-state index in [1.165, 1.54) is 24.3 Å². The minimum Gasteiger partial charge on any atom is -0.304 e. The maximum absolute atomic E-state index is 13.6. The smallest absolute Gasteiger partial charge is 0.142 e. The van der Waals surface area contributed by atoms with Gasteiger partial charge in [0, 0.05) is 22.7 Å². The Hall–Kier alpha value is -1.16. The van der Waals surface area contributed by atoms with Crippen molar-refractivity contribution in [2.24, 2.45) is 0 Å². The number of nitrogens with one attached hydrogen (secondary N) is 1. The Bertz CT molecular complexity index is 629. The lowest BCUT2D eigenvalue weighted by Crippen LogP contribution is -2.23. The summed E-state index contributed by atoms with van der Waals surface area (Å²) in [5.41, 5.74) is 1.44. The van der Waals surface area contributed by atoms with Gasteiger partial charge in [0.2, 0.25) is 0 Å². The van der Waals surface area contributed by atoms with Gasteiger partial charge in [-0.2, -0.15) is 0 Å². The molecule has 0 aromatic heterocycles. The summed E-state index contributed by atoms with van der Waals surface area (Å²) in [5, 5.41) is 3.71. The van der Waals surface area contributed by atoms with Crippen LogP contribution >= 0.6 is 23.2 Å². The Morgan fingerprint density at radius 1 is 0.905 bits per heavy atom. The van der Waals surface area contributed by atoms with Gasteiger partial charge in [0.05, 0.1) is 5.02 Å². The standard InChI is InChI=1S/C16H15Cl2F2N/c1-9(11-3-5-12(19)6-4-11)21-10(2)15-13(17)7-8-14(20)16(15)18/h3-10,21H,1-2H3/t9-,10?/m1/s1. The van der Waals surface area contributed by atoms with E-state index in [1.807, 2.05) is 13.8 Å². The summed E-state index contributed by atoms with van der Waals surface area (Å²) in [6.07, 6.45) is 0. The van der Waals surface area contributed by atoms with E-state index in [4.69, 9.17) is 23.2 Å². The van der Waals surface area contributed by atoms with E-state index in [2.05, 4.69) is 5.32 Å². The lowest BCUT2D eigenvalue weighted by molar-refractivity contribution is 0.491. The number of rotatable bonds is 4. The van der Waals surface area contributed by atoms with E-state index in [1.54, 1.807) is 12.1 Å². The van der Waals surface area contributed by atoms with Crippen molar-refractivity contribution >= 4 is 23.2 Å². The molecule has 2 aromatic carbocycles. The van der Waals surface area contributed by atoms with Gasteiger partial charge in [-0.3, -0.25) is 0 Å². The summed E-state index contributed by atoms with van der Waals surface area (Å²) >= 11 is 12.1. The summed E-state index contributed by atoms with van der Waals surface area (Å²) < 4.78 is 26.5. The van der Waals surface area contributed by atoms with Crippen LogP contribution in [0.1, 0.15) is 37.1 Å². The van der Waals surface area contributed by atoms with E-state index >= 15 is 0 Å². The van der Waals surface area contributed by atoms with Crippen molar-refractivity contribution in [3.63, 3.8) is 0 Å². The molecule has 0 heterocycles. The van der Waals surface area contributed by atoms with Crippen LogP contribution in [0.4, 0.5) is 8.78 Å². The molecule has 0 aliphatic rings. The van der Waals surface area contributed by atoms with Crippen LogP contribution < -0.4 is 5.32 Å². The van der Waals surface area contributed by atoms with Gasteiger partial charge >= 0.3 is 0 Å². The quantitative estimate of drug-likeness (QED) is 0.711. The van der Waals surface area contributed by atoms with Crippen LogP contribution in [0, 0.1) is 11.6 Å². The largest absolute Gasteiger partial charge is 0.304 e. The summed E-state index contributed by atoms with van der Waals surface area (Å²) in [4.78, 5) is 0. The molecular formula is C16H15Cl2F2N. The van der Waals surface area contributed by atoms with Gasteiger partial charge in [-0.15, -0.1) is 0 Å². The lowest BCUT2D eigenvalue weighted by Gasteiger charge is -2.22. The molecule has 0 bridgehead atoms. The zero-order chi connectivity index (χ0) is 15.6. The van der Waals surface area contributed by atoms with E-state index in [9.17, 15) is 8.78 Å². The minimum atomic E-state index is -0.501. The molecule has 1 nitrogen and oxygen atoms in total. The molecule has 0 saturated carbocycles. The third kappa shape index (κ3) is 3.73. The van der Waals surface area contributed by atoms with Crippen molar-refractivity contribution in [3.05, 3.63) is 69.2 Å². The zero-order valence-corrected chi connectivity index (χ0v) is 13.1. The molecule has 112 valence electrons. The second kappa shape index (κ2) is 6.73. The second-order valence-corrected chi connectivity index (χ2v) is 5.70. The van der Waals surface area contributed by atoms with Crippen LogP contribution in [-0.2, 0) is 0 Å². The maximum atomic E-state index is 13.6. The monoisotopic (exact) mass is 329 g/mol. The SMILES string of the molecule is CC(N[C@H](C)c1ccc(F)cc1)c1c(Cl)ccc(F)c1Cl. The van der Waals surface area contributed by atoms with Gasteiger partial charge in [0.1, 0.15) is 11.6 Å². The Labute approximate surface area is 132 Å². The molecule has 2 aromatic rings. The Morgan fingerprint density at radius 2 is 1.52 bits per heavy atom. The first-order valence-corrected chi connectivity index (χ1v) is 7.30. The van der Waals surface area contributed by atoms with E-state index in [0.29, 0.717) is 10.6 Å². The Balaban J connectivity index is 2.20. The number of hydrogen-bond acceptors (Lipinski definition) is 1. The highest BCUT2D eigenvalue weighted by Crippen LogP contribution is 2.33. The predicted molar refractivity (Wildman–Crippen MR) is 82.8 cm³/mol. The normalized spacial score (nSPS) is 14.0. The molecule has 1 N–H and O–H groups in total. The number of halogens is 4. The molecule has 1 unspecified atom stereocenters. The number of hydrogen-bond donors (Lipinski definition) is 1. The van der Waals surface area contributed by atoms with Gasteiger partial charge in [-0.05, 0) is 43.7 Å². The van der Waals surface area contributed by atoms with Crippen molar-refractivity contribution < 1.29 is 8.78 Å². The van der Waals surface area contributed by atoms with Crippen LogP contribution in [0.5, 0.6) is 0 Å². The second-order valence-electron chi connectivity index (χ2n) is 4.92. The molecule has 0 aliphatic carbocycles. The summed E-state index contributed by atoms with van der Waals surface area (Å²) in [6.45, 7) is 3.79. The molecule has 0 saturated heterocycles. The molecule has 0 radical (unpaired) electrons. The summed E-state index contributed by atoms with van der Waals surface area (Å²) in [6, 6.07) is 8.63. The minimum absolute atomic E-state index is 0.0220. The van der Waals surface area contributed by atoms with Crippen molar-refractivity contribution in [1.82, 2.24) is 5.32 Å². The van der Waals surface area contributed by atoms with E-state index < -0.39 is 5.82 Å². The van der Waals surface area contributed by atoms with E-state index in [-0.39, 0.29) is 22.9 Å². The highest BCUT2D eigenvalue weighted by molar-refractivity contribution is 6.36. The van der Waals surface area contributed by atoms with E-state index in [0.717, 1.165) is 5.56 Å². The van der Waals surface area contributed by atoms with Crippen molar-refractivity contribution in [2.75, 3.05) is 0 Å². The fraction of sp³-hybridized carbons (Fsp3) is 0.250. The number of benzene rings is 2. The molecular weight excluding hydrogens is 315 g/mol. The Morgan fingerprint density at radius 3 is 2.14 bits per heavy atom. The topological polar surface area (TPSA) is 12.0 Å². The molecule has 2 rings (SSSR count). The van der Waals surface area contributed by atoms with Crippen LogP contribution in [0.2, 0.25) is 10.0 Å². The summed E-state index contributed by atoms with van der Waals surface area (Å²) in [5.74, 6) is -0.783. The summed E-state index contributed by atoms with van der Waals surface area (Å²) in [7, 11) is 0. The Kier molecular flexibility index (Phi) is 5.20. The van der Waals surface area contributed by atoms with Gasteiger partial charge < -0.3 is 5.32 Å². The van der Waals surface area contributed by atoms with Crippen molar-refractivity contribution in [2.45, 2.75) is 25.9 Å². The van der Waals surface area contributed by atoms with Crippen molar-refractivity contribution in [1.29, 1.82) is 0 Å². The zero-order valence-electron chi connectivity index (χ0n) is 11.6. The predicted octanol–water partition coefficient (Wildman–Crippen LogP) is 5.68. The van der Waals surface area contributed by atoms with Crippen LogP contribution in [0.25, 0.3) is 0 Å². The highest BCUT2D eigenvalue weighted by Gasteiger charge is 2.19. The van der Waals surface area contributed by atoms with Crippen LogP contribution in [-0.4, -0.2) is 0 Å². The van der Waals surface area contributed by atoms with Crippen LogP contribution in [0.15, 0.2) is 36.4 Å². The molecule has 0 spiro atoms. The molecule has 2 atom stereocenters.